The standard InChI is InChI=1S/C16H27N3S/c1-14(2)13-20-12-6-10-18-16(17)19-11-9-15-7-4-3-5-8-15/h3-5,7-8,14H,6,9-13H2,1-2H3,(H3,17,18,19). The van der Waals surface area contributed by atoms with Gasteiger partial charge in [-0.1, -0.05) is 44.2 Å². The summed E-state index contributed by atoms with van der Waals surface area (Å²) in [6, 6.07) is 10.4. The molecule has 0 atom stereocenters. The Bertz CT molecular complexity index is 377. The third kappa shape index (κ3) is 8.86. The van der Waals surface area contributed by atoms with Crippen molar-refractivity contribution in [2.24, 2.45) is 16.6 Å². The largest absolute Gasteiger partial charge is 0.370 e. The second-order valence-corrected chi connectivity index (χ2v) is 6.40. The number of nitrogens with zero attached hydrogens (tertiary/aromatic N) is 1. The Morgan fingerprint density at radius 3 is 2.75 bits per heavy atom. The molecular weight excluding hydrogens is 266 g/mol. The van der Waals surface area contributed by atoms with Crippen LogP contribution in [0.15, 0.2) is 35.3 Å². The molecule has 0 radical (unpaired) electrons. The van der Waals surface area contributed by atoms with Crippen molar-refractivity contribution in [3.05, 3.63) is 35.9 Å². The molecule has 0 fully saturated rings. The van der Waals surface area contributed by atoms with Gasteiger partial charge in [0.25, 0.3) is 0 Å². The fraction of sp³-hybridized carbons (Fsp3) is 0.562. The highest BCUT2D eigenvalue weighted by molar-refractivity contribution is 7.99. The van der Waals surface area contributed by atoms with Crippen LogP contribution in [0.2, 0.25) is 0 Å². The Hall–Kier alpha value is -1.16. The molecule has 3 N–H and O–H groups in total. The van der Waals surface area contributed by atoms with Crippen molar-refractivity contribution in [3.63, 3.8) is 0 Å². The van der Waals surface area contributed by atoms with Crippen molar-refractivity contribution in [2.75, 3.05) is 24.6 Å². The summed E-state index contributed by atoms with van der Waals surface area (Å²) in [5.41, 5.74) is 7.15. The van der Waals surface area contributed by atoms with E-state index < -0.39 is 0 Å². The highest BCUT2D eigenvalue weighted by atomic mass is 32.2. The van der Waals surface area contributed by atoms with E-state index in [4.69, 9.17) is 5.73 Å². The average molecular weight is 293 g/mol. The summed E-state index contributed by atoms with van der Waals surface area (Å²) in [4.78, 5) is 4.34. The van der Waals surface area contributed by atoms with E-state index in [0.717, 1.165) is 31.8 Å². The van der Waals surface area contributed by atoms with Crippen LogP contribution in [0.4, 0.5) is 0 Å². The van der Waals surface area contributed by atoms with Crippen molar-refractivity contribution in [1.82, 2.24) is 5.32 Å². The molecule has 0 saturated carbocycles. The molecule has 1 aromatic rings. The van der Waals surface area contributed by atoms with Crippen molar-refractivity contribution >= 4 is 17.7 Å². The monoisotopic (exact) mass is 293 g/mol. The number of thioether (sulfide) groups is 1. The fourth-order valence-corrected chi connectivity index (χ4v) is 2.69. The van der Waals surface area contributed by atoms with Crippen LogP contribution < -0.4 is 11.1 Å². The van der Waals surface area contributed by atoms with E-state index >= 15 is 0 Å². The number of guanidine groups is 1. The Morgan fingerprint density at radius 1 is 1.30 bits per heavy atom. The number of hydrogen-bond donors (Lipinski definition) is 2. The molecule has 20 heavy (non-hydrogen) atoms. The van der Waals surface area contributed by atoms with Crippen LogP contribution in [0.25, 0.3) is 0 Å². The number of nitrogens with one attached hydrogen (secondary N) is 1. The normalized spacial score (nSPS) is 11.8. The Balaban J connectivity index is 2.04. The molecule has 112 valence electrons. The van der Waals surface area contributed by atoms with Crippen LogP contribution in [0.1, 0.15) is 25.8 Å². The molecule has 0 aromatic heterocycles. The molecule has 1 aromatic carbocycles. The van der Waals surface area contributed by atoms with Gasteiger partial charge < -0.3 is 11.1 Å². The van der Waals surface area contributed by atoms with Crippen LogP contribution in [-0.4, -0.2) is 30.6 Å². The lowest BCUT2D eigenvalue weighted by molar-refractivity contribution is 0.749. The Kier molecular flexibility index (Phi) is 8.96. The van der Waals surface area contributed by atoms with Gasteiger partial charge in [-0.25, -0.2) is 0 Å². The summed E-state index contributed by atoms with van der Waals surface area (Å²) in [7, 11) is 0. The minimum Gasteiger partial charge on any atom is -0.370 e. The third-order valence-corrected chi connectivity index (χ3v) is 4.22. The lowest BCUT2D eigenvalue weighted by Crippen LogP contribution is -2.33. The lowest BCUT2D eigenvalue weighted by Gasteiger charge is -2.06. The van der Waals surface area contributed by atoms with Gasteiger partial charge in [0.05, 0.1) is 0 Å². The van der Waals surface area contributed by atoms with Gasteiger partial charge in [-0.15, -0.1) is 0 Å². The summed E-state index contributed by atoms with van der Waals surface area (Å²) in [5.74, 6) is 3.73. The summed E-state index contributed by atoms with van der Waals surface area (Å²) >= 11 is 2.00. The molecule has 0 aliphatic rings. The molecule has 0 bridgehead atoms. The molecule has 3 nitrogen and oxygen atoms in total. The van der Waals surface area contributed by atoms with Gasteiger partial charge in [-0.2, -0.15) is 11.8 Å². The van der Waals surface area contributed by atoms with E-state index in [-0.39, 0.29) is 0 Å². The van der Waals surface area contributed by atoms with Crippen LogP contribution in [0.3, 0.4) is 0 Å². The molecule has 0 unspecified atom stereocenters. The minimum absolute atomic E-state index is 0.565. The first-order chi connectivity index (χ1) is 9.68. The maximum absolute atomic E-state index is 5.83. The molecular formula is C16H27N3S. The molecule has 0 aliphatic carbocycles. The maximum Gasteiger partial charge on any atom is 0.188 e. The van der Waals surface area contributed by atoms with E-state index in [9.17, 15) is 0 Å². The van der Waals surface area contributed by atoms with Crippen molar-refractivity contribution in [1.29, 1.82) is 0 Å². The first-order valence-electron chi connectivity index (χ1n) is 7.34. The lowest BCUT2D eigenvalue weighted by atomic mass is 10.1. The van der Waals surface area contributed by atoms with Crippen LogP contribution in [0, 0.1) is 5.92 Å². The molecule has 1 rings (SSSR count). The quantitative estimate of drug-likeness (QED) is 0.418. The van der Waals surface area contributed by atoms with E-state index in [2.05, 4.69) is 48.4 Å². The van der Waals surface area contributed by atoms with Gasteiger partial charge >= 0.3 is 0 Å². The second kappa shape index (κ2) is 10.6. The predicted molar refractivity (Wildman–Crippen MR) is 91.4 cm³/mol. The number of aliphatic imine (C=N–C) groups is 1. The van der Waals surface area contributed by atoms with Gasteiger partial charge in [-0.05, 0) is 35.8 Å². The van der Waals surface area contributed by atoms with E-state index in [1.54, 1.807) is 0 Å². The summed E-state index contributed by atoms with van der Waals surface area (Å²) in [6.45, 7) is 6.15. The smallest absolute Gasteiger partial charge is 0.188 e. The Labute approximate surface area is 127 Å². The Morgan fingerprint density at radius 2 is 2.05 bits per heavy atom. The number of benzene rings is 1. The maximum atomic E-state index is 5.83. The van der Waals surface area contributed by atoms with Gasteiger partial charge in [0.15, 0.2) is 5.96 Å². The molecule has 0 amide bonds. The van der Waals surface area contributed by atoms with Gasteiger partial charge in [0.1, 0.15) is 0 Å². The van der Waals surface area contributed by atoms with Gasteiger partial charge in [0, 0.05) is 13.1 Å². The summed E-state index contributed by atoms with van der Waals surface area (Å²) in [6.07, 6.45) is 2.07. The molecule has 0 spiro atoms. The second-order valence-electron chi connectivity index (χ2n) is 5.25. The fourth-order valence-electron chi connectivity index (χ4n) is 1.72. The highest BCUT2D eigenvalue weighted by Crippen LogP contribution is 2.08. The van der Waals surface area contributed by atoms with E-state index in [1.807, 2.05) is 17.8 Å². The molecule has 0 heterocycles. The van der Waals surface area contributed by atoms with Crippen molar-refractivity contribution in [3.8, 4) is 0 Å². The van der Waals surface area contributed by atoms with Crippen LogP contribution >= 0.6 is 11.8 Å². The van der Waals surface area contributed by atoms with Crippen molar-refractivity contribution in [2.45, 2.75) is 26.7 Å². The van der Waals surface area contributed by atoms with Crippen LogP contribution in [0.5, 0.6) is 0 Å². The van der Waals surface area contributed by atoms with E-state index in [0.29, 0.717) is 5.96 Å². The zero-order chi connectivity index (χ0) is 14.6. The van der Waals surface area contributed by atoms with Gasteiger partial charge in [0.2, 0.25) is 0 Å². The zero-order valence-electron chi connectivity index (χ0n) is 12.6. The topological polar surface area (TPSA) is 50.4 Å². The molecule has 0 saturated heterocycles. The predicted octanol–water partition coefficient (Wildman–Crippen LogP) is 2.91. The first kappa shape index (κ1) is 16.9. The third-order valence-electron chi connectivity index (χ3n) is 2.74. The SMILES string of the molecule is CC(C)CSCCCN=C(N)NCCc1ccccc1. The van der Waals surface area contributed by atoms with Crippen molar-refractivity contribution < 1.29 is 0 Å². The summed E-state index contributed by atoms with van der Waals surface area (Å²) < 4.78 is 0. The summed E-state index contributed by atoms with van der Waals surface area (Å²) in [5, 5.41) is 3.16. The van der Waals surface area contributed by atoms with Crippen LogP contribution in [-0.2, 0) is 6.42 Å². The first-order valence-corrected chi connectivity index (χ1v) is 8.49. The number of hydrogen-bond acceptors (Lipinski definition) is 2. The van der Waals surface area contributed by atoms with Gasteiger partial charge in [-0.3, -0.25) is 4.99 Å². The molecule has 4 heteroatoms. The molecule has 0 aliphatic heterocycles. The minimum atomic E-state index is 0.565. The average Bonchev–Trinajstić information content (AvgIpc) is 2.43. The zero-order valence-corrected chi connectivity index (χ0v) is 13.5. The number of rotatable bonds is 9. The number of nitrogens with two attached hydrogens (primary N) is 1. The van der Waals surface area contributed by atoms with E-state index in [1.165, 1.54) is 17.1 Å². The highest BCUT2D eigenvalue weighted by Gasteiger charge is 1.95.